The summed E-state index contributed by atoms with van der Waals surface area (Å²) in [5.74, 6) is 0. The van der Waals surface area contributed by atoms with Gasteiger partial charge in [-0.2, -0.15) is 0 Å². The third-order valence-corrected chi connectivity index (χ3v) is 4.66. The molecule has 1 unspecified atom stereocenters. The molecule has 0 radical (unpaired) electrons. The molecule has 1 atom stereocenters. The molecule has 112 valence electrons. The van der Waals surface area contributed by atoms with Crippen molar-refractivity contribution in [1.29, 1.82) is 0 Å². The van der Waals surface area contributed by atoms with Crippen molar-refractivity contribution in [3.05, 3.63) is 59.7 Å². The monoisotopic (exact) mass is 304 g/mol. The third kappa shape index (κ3) is 3.83. The van der Waals surface area contributed by atoms with Crippen molar-refractivity contribution in [3.8, 4) is 0 Å². The molecule has 2 aromatic carbocycles. The second-order valence-electron chi connectivity index (χ2n) is 5.02. The Bertz CT molecular complexity index is 725. The van der Waals surface area contributed by atoms with E-state index < -0.39 is 10.0 Å². The number of nitrogens with two attached hydrogens (primary N) is 1. The van der Waals surface area contributed by atoms with Crippen LogP contribution in [0.5, 0.6) is 0 Å². The van der Waals surface area contributed by atoms with E-state index in [-0.39, 0.29) is 10.9 Å². The van der Waals surface area contributed by atoms with E-state index in [0.29, 0.717) is 5.69 Å². The van der Waals surface area contributed by atoms with Crippen LogP contribution in [-0.2, 0) is 16.4 Å². The number of anilines is 1. The van der Waals surface area contributed by atoms with Crippen molar-refractivity contribution in [2.45, 2.75) is 31.2 Å². The highest BCUT2D eigenvalue weighted by Gasteiger charge is 2.15. The van der Waals surface area contributed by atoms with Crippen LogP contribution in [0, 0.1) is 0 Å². The highest BCUT2D eigenvalue weighted by Crippen LogP contribution is 2.20. The van der Waals surface area contributed by atoms with Crippen molar-refractivity contribution in [1.82, 2.24) is 0 Å². The molecule has 0 spiro atoms. The van der Waals surface area contributed by atoms with Crippen LogP contribution in [0.4, 0.5) is 5.69 Å². The van der Waals surface area contributed by atoms with Crippen molar-refractivity contribution < 1.29 is 8.42 Å². The maximum absolute atomic E-state index is 12.4. The van der Waals surface area contributed by atoms with E-state index in [0.717, 1.165) is 17.5 Å². The van der Waals surface area contributed by atoms with E-state index in [4.69, 9.17) is 5.73 Å². The zero-order valence-electron chi connectivity index (χ0n) is 12.2. The first-order chi connectivity index (χ1) is 9.92. The van der Waals surface area contributed by atoms with Gasteiger partial charge in [-0.25, -0.2) is 8.42 Å². The van der Waals surface area contributed by atoms with Crippen LogP contribution in [0.3, 0.4) is 0 Å². The van der Waals surface area contributed by atoms with Gasteiger partial charge in [-0.05, 0) is 48.7 Å². The number of hydrogen-bond donors (Lipinski definition) is 2. The van der Waals surface area contributed by atoms with E-state index >= 15 is 0 Å². The minimum atomic E-state index is -3.60. The van der Waals surface area contributed by atoms with Gasteiger partial charge in [0.1, 0.15) is 0 Å². The Hall–Kier alpha value is -1.85. The predicted octanol–water partition coefficient (Wildman–Crippen LogP) is 3.07. The summed E-state index contributed by atoms with van der Waals surface area (Å²) in [5.41, 5.74) is 8.25. The van der Waals surface area contributed by atoms with Crippen LogP contribution in [0.1, 0.15) is 31.0 Å². The number of sulfonamides is 1. The molecule has 0 amide bonds. The molecule has 0 aliphatic heterocycles. The lowest BCUT2D eigenvalue weighted by atomic mass is 10.1. The van der Waals surface area contributed by atoms with E-state index in [1.807, 2.05) is 38.1 Å². The summed E-state index contributed by atoms with van der Waals surface area (Å²) in [7, 11) is -3.60. The van der Waals surface area contributed by atoms with Gasteiger partial charge in [0.25, 0.3) is 10.0 Å². The van der Waals surface area contributed by atoms with E-state index in [2.05, 4.69) is 4.72 Å². The molecule has 0 aliphatic rings. The van der Waals surface area contributed by atoms with Gasteiger partial charge >= 0.3 is 0 Å². The standard InChI is InChI=1S/C16H20N2O2S/c1-3-13-6-4-8-15(10-13)18-21(19,20)16-9-5-7-14(11-16)12(2)17/h4-12,18H,3,17H2,1-2H3. The first-order valence-electron chi connectivity index (χ1n) is 6.89. The molecule has 0 saturated carbocycles. The Balaban J connectivity index is 2.31. The van der Waals surface area contributed by atoms with Crippen LogP contribution in [0.15, 0.2) is 53.4 Å². The number of benzene rings is 2. The zero-order valence-corrected chi connectivity index (χ0v) is 13.0. The fourth-order valence-electron chi connectivity index (χ4n) is 2.03. The molecule has 0 heterocycles. The molecule has 0 fully saturated rings. The molecule has 0 bridgehead atoms. The summed E-state index contributed by atoms with van der Waals surface area (Å²) in [6, 6.07) is 13.9. The van der Waals surface area contributed by atoms with Crippen molar-refractivity contribution in [2.24, 2.45) is 5.73 Å². The molecule has 0 aromatic heterocycles. The maximum atomic E-state index is 12.4. The summed E-state index contributed by atoms with van der Waals surface area (Å²) in [5, 5.41) is 0. The lowest BCUT2D eigenvalue weighted by Gasteiger charge is -2.11. The van der Waals surface area contributed by atoms with Crippen LogP contribution < -0.4 is 10.5 Å². The van der Waals surface area contributed by atoms with Gasteiger partial charge in [-0.1, -0.05) is 31.2 Å². The molecule has 2 rings (SSSR count). The molecular formula is C16H20N2O2S. The molecular weight excluding hydrogens is 284 g/mol. The van der Waals surface area contributed by atoms with Crippen LogP contribution >= 0.6 is 0 Å². The average molecular weight is 304 g/mol. The Kier molecular flexibility index (Phi) is 4.65. The number of nitrogens with one attached hydrogen (secondary N) is 1. The first-order valence-corrected chi connectivity index (χ1v) is 8.38. The van der Waals surface area contributed by atoms with Gasteiger partial charge in [0.05, 0.1) is 4.90 Å². The highest BCUT2D eigenvalue weighted by atomic mass is 32.2. The summed E-state index contributed by atoms with van der Waals surface area (Å²) in [4.78, 5) is 0.221. The number of hydrogen-bond acceptors (Lipinski definition) is 3. The molecule has 3 N–H and O–H groups in total. The highest BCUT2D eigenvalue weighted by molar-refractivity contribution is 7.92. The smallest absolute Gasteiger partial charge is 0.261 e. The quantitative estimate of drug-likeness (QED) is 0.891. The molecule has 2 aromatic rings. The second kappa shape index (κ2) is 6.28. The minimum Gasteiger partial charge on any atom is -0.324 e. The van der Waals surface area contributed by atoms with Crippen LogP contribution in [-0.4, -0.2) is 8.42 Å². The summed E-state index contributed by atoms with van der Waals surface area (Å²) in [6.45, 7) is 3.85. The Morgan fingerprint density at radius 3 is 2.52 bits per heavy atom. The SMILES string of the molecule is CCc1cccc(NS(=O)(=O)c2cccc(C(C)N)c2)c1. The van der Waals surface area contributed by atoms with E-state index in [1.54, 1.807) is 24.3 Å². The zero-order chi connectivity index (χ0) is 15.5. The van der Waals surface area contributed by atoms with Crippen molar-refractivity contribution >= 4 is 15.7 Å². The maximum Gasteiger partial charge on any atom is 0.261 e. The molecule has 21 heavy (non-hydrogen) atoms. The van der Waals surface area contributed by atoms with Gasteiger partial charge in [-0.3, -0.25) is 4.72 Å². The molecule has 0 saturated heterocycles. The number of rotatable bonds is 5. The first kappa shape index (κ1) is 15.5. The average Bonchev–Trinajstić information content (AvgIpc) is 2.47. The molecule has 4 nitrogen and oxygen atoms in total. The van der Waals surface area contributed by atoms with Gasteiger partial charge in [0.15, 0.2) is 0 Å². The van der Waals surface area contributed by atoms with E-state index in [1.165, 1.54) is 0 Å². The second-order valence-corrected chi connectivity index (χ2v) is 6.70. The van der Waals surface area contributed by atoms with Crippen LogP contribution in [0.25, 0.3) is 0 Å². The van der Waals surface area contributed by atoms with Gasteiger partial charge in [0, 0.05) is 11.7 Å². The fraction of sp³-hybridized carbons (Fsp3) is 0.250. The number of aryl methyl sites for hydroxylation is 1. The van der Waals surface area contributed by atoms with Crippen molar-refractivity contribution in [2.75, 3.05) is 4.72 Å². The van der Waals surface area contributed by atoms with Gasteiger partial charge < -0.3 is 5.73 Å². The largest absolute Gasteiger partial charge is 0.324 e. The van der Waals surface area contributed by atoms with Gasteiger partial charge in [-0.15, -0.1) is 0 Å². The van der Waals surface area contributed by atoms with Crippen LogP contribution in [0.2, 0.25) is 0 Å². The molecule has 0 aliphatic carbocycles. The minimum absolute atomic E-state index is 0.205. The third-order valence-electron chi connectivity index (χ3n) is 3.28. The lowest BCUT2D eigenvalue weighted by molar-refractivity contribution is 0.601. The topological polar surface area (TPSA) is 72.2 Å². The molecule has 5 heteroatoms. The van der Waals surface area contributed by atoms with E-state index in [9.17, 15) is 8.42 Å². The Morgan fingerprint density at radius 1 is 1.14 bits per heavy atom. The Labute approximate surface area is 126 Å². The normalized spacial score (nSPS) is 12.9. The summed E-state index contributed by atoms with van der Waals surface area (Å²) >= 11 is 0. The van der Waals surface area contributed by atoms with Gasteiger partial charge in [0.2, 0.25) is 0 Å². The lowest BCUT2D eigenvalue weighted by Crippen LogP contribution is -2.14. The summed E-state index contributed by atoms with van der Waals surface area (Å²) in [6.07, 6.45) is 0.857. The fourth-order valence-corrected chi connectivity index (χ4v) is 3.14. The Morgan fingerprint density at radius 2 is 1.86 bits per heavy atom. The van der Waals surface area contributed by atoms with Crippen molar-refractivity contribution in [3.63, 3.8) is 0 Å². The summed E-state index contributed by atoms with van der Waals surface area (Å²) < 4.78 is 27.5. The predicted molar refractivity (Wildman–Crippen MR) is 85.7 cm³/mol.